The quantitative estimate of drug-likeness (QED) is 0.441. The topological polar surface area (TPSA) is 95.3 Å². The van der Waals surface area contributed by atoms with E-state index >= 15 is 0 Å². The van der Waals surface area contributed by atoms with Crippen LogP contribution in [0.4, 0.5) is 5.82 Å². The van der Waals surface area contributed by atoms with E-state index in [9.17, 15) is 9.59 Å². The molecule has 2 aromatic carbocycles. The number of amides is 1. The summed E-state index contributed by atoms with van der Waals surface area (Å²) in [5.41, 5.74) is 3.22. The number of hydrogen-bond donors (Lipinski definition) is 1. The lowest BCUT2D eigenvalue weighted by Crippen LogP contribution is -2.18. The molecule has 8 nitrogen and oxygen atoms in total. The molecular weight excluding hydrogens is 420 g/mol. The number of aryl methyl sites for hydroxylation is 2. The first-order valence-electron chi connectivity index (χ1n) is 10.5. The lowest BCUT2D eigenvalue weighted by Gasteiger charge is -2.13. The fourth-order valence-corrected chi connectivity index (χ4v) is 3.53. The minimum Gasteiger partial charge on any atom is -0.494 e. The highest BCUT2D eigenvalue weighted by Crippen LogP contribution is 2.29. The minimum absolute atomic E-state index is 0.136. The van der Waals surface area contributed by atoms with Crippen LogP contribution < -0.4 is 10.1 Å². The summed E-state index contributed by atoms with van der Waals surface area (Å²) in [6.07, 6.45) is 1.37. The molecule has 4 rings (SSSR count). The molecule has 33 heavy (non-hydrogen) atoms. The summed E-state index contributed by atoms with van der Waals surface area (Å²) in [6, 6.07) is 14.7. The van der Waals surface area contributed by atoms with Crippen molar-refractivity contribution in [1.29, 1.82) is 0 Å². The summed E-state index contributed by atoms with van der Waals surface area (Å²) >= 11 is 0. The van der Waals surface area contributed by atoms with E-state index in [0.717, 1.165) is 16.5 Å². The molecule has 0 fully saturated rings. The number of carbonyl (C=O) groups is 2. The Kier molecular flexibility index (Phi) is 6.08. The van der Waals surface area contributed by atoms with E-state index in [1.165, 1.54) is 10.9 Å². The van der Waals surface area contributed by atoms with Gasteiger partial charge < -0.3 is 14.8 Å². The van der Waals surface area contributed by atoms with E-state index in [1.54, 1.807) is 26.2 Å². The molecule has 0 radical (unpaired) electrons. The molecule has 8 heteroatoms. The Bertz CT molecular complexity index is 1340. The van der Waals surface area contributed by atoms with Gasteiger partial charge in [-0.15, -0.1) is 0 Å². The molecule has 2 heterocycles. The third-order valence-corrected chi connectivity index (χ3v) is 5.24. The second kappa shape index (κ2) is 9.12. The Balaban J connectivity index is 1.84. The van der Waals surface area contributed by atoms with Gasteiger partial charge in [-0.25, -0.2) is 9.78 Å². The number of benzene rings is 2. The average Bonchev–Trinajstić information content (AvgIpc) is 3.22. The normalized spacial score (nSPS) is 10.8. The van der Waals surface area contributed by atoms with E-state index in [2.05, 4.69) is 10.4 Å². The zero-order chi connectivity index (χ0) is 23.5. The van der Waals surface area contributed by atoms with Gasteiger partial charge in [0.05, 0.1) is 19.9 Å². The minimum atomic E-state index is -0.585. The maximum absolute atomic E-state index is 13.0. The SMILES string of the molecule is CCOC(=O)c1cnn(-c2cc(C)c3cccc(OC)c3n2)c1NC(=O)c1ccc(C)cc1. The fourth-order valence-electron chi connectivity index (χ4n) is 3.53. The number of hydrogen-bond acceptors (Lipinski definition) is 6. The van der Waals surface area contributed by atoms with E-state index in [0.29, 0.717) is 22.6 Å². The number of para-hydroxylation sites is 1. The zero-order valence-corrected chi connectivity index (χ0v) is 18.9. The number of pyridine rings is 1. The largest absolute Gasteiger partial charge is 0.494 e. The van der Waals surface area contributed by atoms with Crippen LogP contribution in [0.3, 0.4) is 0 Å². The van der Waals surface area contributed by atoms with Crippen molar-refractivity contribution < 1.29 is 19.1 Å². The molecule has 0 saturated carbocycles. The molecule has 0 saturated heterocycles. The summed E-state index contributed by atoms with van der Waals surface area (Å²) in [7, 11) is 1.58. The van der Waals surface area contributed by atoms with Crippen LogP contribution in [0.25, 0.3) is 16.7 Å². The van der Waals surface area contributed by atoms with Gasteiger partial charge >= 0.3 is 5.97 Å². The molecule has 168 valence electrons. The standard InChI is InChI=1S/C25H24N4O4/c1-5-33-25(31)19-14-26-29(23(19)28-24(30)17-11-9-15(2)10-12-17)21-13-16(3)18-7-6-8-20(32-4)22(18)27-21/h6-14H,5H2,1-4H3,(H,28,30). The number of methoxy groups -OCH3 is 1. The van der Waals surface area contributed by atoms with Gasteiger partial charge in [-0.3, -0.25) is 4.79 Å². The summed E-state index contributed by atoms with van der Waals surface area (Å²) in [5.74, 6) is 0.260. The van der Waals surface area contributed by atoms with E-state index in [1.807, 2.05) is 50.2 Å². The number of fused-ring (bicyclic) bond motifs is 1. The van der Waals surface area contributed by atoms with Crippen molar-refractivity contribution in [2.75, 3.05) is 19.0 Å². The molecule has 0 bridgehead atoms. The molecule has 1 N–H and O–H groups in total. The molecule has 2 aromatic heterocycles. The molecule has 0 spiro atoms. The number of nitrogens with zero attached hydrogens (tertiary/aromatic N) is 3. The van der Waals surface area contributed by atoms with Crippen LogP contribution in [0.2, 0.25) is 0 Å². The lowest BCUT2D eigenvalue weighted by molar-refractivity contribution is 0.0527. The lowest BCUT2D eigenvalue weighted by atomic mass is 10.1. The summed E-state index contributed by atoms with van der Waals surface area (Å²) < 4.78 is 12.1. The predicted molar refractivity (Wildman–Crippen MR) is 125 cm³/mol. The van der Waals surface area contributed by atoms with Crippen molar-refractivity contribution in [1.82, 2.24) is 14.8 Å². The maximum Gasteiger partial charge on any atom is 0.343 e. The van der Waals surface area contributed by atoms with Gasteiger partial charge in [-0.1, -0.05) is 29.8 Å². The Morgan fingerprint density at radius 1 is 1.09 bits per heavy atom. The molecule has 1 amide bonds. The highest BCUT2D eigenvalue weighted by atomic mass is 16.5. The van der Waals surface area contributed by atoms with Crippen molar-refractivity contribution in [3.8, 4) is 11.6 Å². The van der Waals surface area contributed by atoms with Crippen molar-refractivity contribution in [3.63, 3.8) is 0 Å². The van der Waals surface area contributed by atoms with Gasteiger partial charge in [-0.05, 0) is 50.6 Å². The highest BCUT2D eigenvalue weighted by molar-refractivity contribution is 6.07. The third kappa shape index (κ3) is 4.27. The Morgan fingerprint density at radius 2 is 1.85 bits per heavy atom. The first kappa shape index (κ1) is 22.0. The van der Waals surface area contributed by atoms with Crippen molar-refractivity contribution >= 4 is 28.6 Å². The average molecular weight is 444 g/mol. The molecule has 0 aliphatic carbocycles. The molecule has 0 unspecified atom stereocenters. The van der Waals surface area contributed by atoms with E-state index in [-0.39, 0.29) is 23.9 Å². The number of aromatic nitrogens is 3. The van der Waals surface area contributed by atoms with Gasteiger partial charge in [-0.2, -0.15) is 9.78 Å². The highest BCUT2D eigenvalue weighted by Gasteiger charge is 2.23. The van der Waals surface area contributed by atoms with Gasteiger partial charge in [0.2, 0.25) is 0 Å². The molecule has 0 atom stereocenters. The number of anilines is 1. The number of esters is 1. The Hall–Kier alpha value is -4.20. The summed E-state index contributed by atoms with van der Waals surface area (Å²) in [5, 5.41) is 8.10. The number of rotatable bonds is 6. The summed E-state index contributed by atoms with van der Waals surface area (Å²) in [4.78, 5) is 30.3. The Labute approximate surface area is 191 Å². The predicted octanol–water partition coefficient (Wildman–Crippen LogP) is 4.47. The molecule has 4 aromatic rings. The van der Waals surface area contributed by atoms with Gasteiger partial charge in [0.15, 0.2) is 11.6 Å². The van der Waals surface area contributed by atoms with Crippen LogP contribution in [-0.2, 0) is 4.74 Å². The van der Waals surface area contributed by atoms with E-state index < -0.39 is 5.97 Å². The molecule has 0 aliphatic heterocycles. The first-order valence-corrected chi connectivity index (χ1v) is 10.5. The monoisotopic (exact) mass is 444 g/mol. The first-order chi connectivity index (χ1) is 15.9. The smallest absolute Gasteiger partial charge is 0.343 e. The van der Waals surface area contributed by atoms with Crippen molar-refractivity contribution in [2.24, 2.45) is 0 Å². The van der Waals surface area contributed by atoms with Crippen LogP contribution in [0.15, 0.2) is 54.7 Å². The van der Waals surface area contributed by atoms with Crippen LogP contribution in [0.1, 0.15) is 38.8 Å². The number of ether oxygens (including phenoxy) is 2. The number of carbonyl (C=O) groups excluding carboxylic acids is 2. The fraction of sp³-hybridized carbons (Fsp3) is 0.200. The molecule has 0 aliphatic rings. The summed E-state index contributed by atoms with van der Waals surface area (Å²) in [6.45, 7) is 5.80. The van der Waals surface area contributed by atoms with Crippen LogP contribution in [0.5, 0.6) is 5.75 Å². The second-order valence-corrected chi connectivity index (χ2v) is 7.51. The van der Waals surface area contributed by atoms with Crippen LogP contribution >= 0.6 is 0 Å². The van der Waals surface area contributed by atoms with Gasteiger partial charge in [0, 0.05) is 10.9 Å². The van der Waals surface area contributed by atoms with Crippen molar-refractivity contribution in [3.05, 3.63) is 77.0 Å². The Morgan fingerprint density at radius 3 is 2.55 bits per heavy atom. The second-order valence-electron chi connectivity index (χ2n) is 7.51. The third-order valence-electron chi connectivity index (χ3n) is 5.24. The van der Waals surface area contributed by atoms with Gasteiger partial charge in [0.25, 0.3) is 5.91 Å². The number of nitrogens with one attached hydrogen (secondary N) is 1. The van der Waals surface area contributed by atoms with Crippen molar-refractivity contribution in [2.45, 2.75) is 20.8 Å². The van der Waals surface area contributed by atoms with Crippen LogP contribution in [0, 0.1) is 13.8 Å². The van der Waals surface area contributed by atoms with E-state index in [4.69, 9.17) is 14.5 Å². The maximum atomic E-state index is 13.0. The van der Waals surface area contributed by atoms with Gasteiger partial charge in [0.1, 0.15) is 16.8 Å². The molecular formula is C25H24N4O4. The zero-order valence-electron chi connectivity index (χ0n) is 18.9. The van der Waals surface area contributed by atoms with Crippen LogP contribution in [-0.4, -0.2) is 40.4 Å².